The molecule has 4 N–H and O–H groups in total. The first kappa shape index (κ1) is 22.8. The van der Waals surface area contributed by atoms with Crippen LogP contribution in [0.1, 0.15) is 73.1 Å². The molecule has 1 fully saturated rings. The van der Waals surface area contributed by atoms with Crippen LogP contribution < -0.4 is 11.1 Å². The van der Waals surface area contributed by atoms with E-state index in [-0.39, 0.29) is 11.6 Å². The van der Waals surface area contributed by atoms with Crippen LogP contribution in [-0.4, -0.2) is 60.7 Å². The van der Waals surface area contributed by atoms with Crippen molar-refractivity contribution in [2.24, 2.45) is 11.1 Å². The van der Waals surface area contributed by atoms with Crippen LogP contribution in [0.3, 0.4) is 0 Å². The Labute approximate surface area is 155 Å². The monoisotopic (exact) mass is 357 g/mol. The van der Waals surface area contributed by atoms with Gasteiger partial charge in [0.15, 0.2) is 0 Å². The van der Waals surface area contributed by atoms with Crippen LogP contribution in [0.15, 0.2) is 0 Å². The first-order valence-corrected chi connectivity index (χ1v) is 10.2. The van der Waals surface area contributed by atoms with Gasteiger partial charge in [-0.2, -0.15) is 0 Å². The van der Waals surface area contributed by atoms with Gasteiger partial charge in [0.1, 0.15) is 6.23 Å². The quantitative estimate of drug-likeness (QED) is 0.496. The zero-order valence-corrected chi connectivity index (χ0v) is 17.5. The Bertz CT molecular complexity index is 372. The van der Waals surface area contributed by atoms with Gasteiger partial charge in [-0.15, -0.1) is 0 Å². The van der Waals surface area contributed by atoms with Gasteiger partial charge in [-0.1, -0.05) is 27.2 Å². The summed E-state index contributed by atoms with van der Waals surface area (Å²) in [6, 6.07) is 0.259. The Morgan fingerprint density at radius 2 is 1.84 bits per heavy atom. The second-order valence-corrected chi connectivity index (χ2v) is 8.59. The molecule has 0 saturated carbocycles. The maximum absolute atomic E-state index is 10.9. The molecule has 0 radical (unpaired) electrons. The molecule has 4 atom stereocenters. The van der Waals surface area contributed by atoms with E-state index in [1.165, 1.54) is 0 Å². The van der Waals surface area contributed by atoms with Crippen LogP contribution in [0.5, 0.6) is 0 Å². The van der Waals surface area contributed by atoms with E-state index >= 15 is 0 Å². The molecular weight excluding hydrogens is 314 g/mol. The molecule has 4 unspecified atom stereocenters. The number of nitrogens with two attached hydrogens (primary N) is 1. The molecule has 25 heavy (non-hydrogen) atoms. The summed E-state index contributed by atoms with van der Waals surface area (Å²) in [4.78, 5) is 2.34. The lowest BCUT2D eigenvalue weighted by Crippen LogP contribution is -2.57. The fourth-order valence-corrected chi connectivity index (χ4v) is 3.60. The summed E-state index contributed by atoms with van der Waals surface area (Å²) in [5.74, 6) is 0. The first-order chi connectivity index (χ1) is 11.7. The van der Waals surface area contributed by atoms with E-state index in [1.807, 2.05) is 6.92 Å². The van der Waals surface area contributed by atoms with Crippen molar-refractivity contribution in [3.8, 4) is 0 Å². The van der Waals surface area contributed by atoms with Crippen molar-refractivity contribution in [2.45, 2.75) is 97.1 Å². The second-order valence-electron chi connectivity index (χ2n) is 8.59. The lowest BCUT2D eigenvalue weighted by atomic mass is 9.78. The van der Waals surface area contributed by atoms with E-state index in [0.717, 1.165) is 51.6 Å². The minimum absolute atomic E-state index is 0.0696. The highest BCUT2D eigenvalue weighted by Crippen LogP contribution is 2.31. The van der Waals surface area contributed by atoms with E-state index in [0.29, 0.717) is 12.6 Å². The van der Waals surface area contributed by atoms with Gasteiger partial charge >= 0.3 is 0 Å². The lowest BCUT2D eigenvalue weighted by molar-refractivity contribution is -0.0793. The molecule has 5 nitrogen and oxygen atoms in total. The Morgan fingerprint density at radius 1 is 1.24 bits per heavy atom. The van der Waals surface area contributed by atoms with Gasteiger partial charge in [0, 0.05) is 24.1 Å². The zero-order valence-electron chi connectivity index (χ0n) is 17.5. The Kier molecular flexibility index (Phi) is 9.33. The van der Waals surface area contributed by atoms with Crippen molar-refractivity contribution >= 4 is 0 Å². The molecule has 1 aliphatic rings. The molecule has 1 saturated heterocycles. The minimum atomic E-state index is -0.608. The summed E-state index contributed by atoms with van der Waals surface area (Å²) in [6.45, 7) is 13.4. The Hall–Kier alpha value is -0.200. The fraction of sp³-hybridized carbons (Fsp3) is 1.00. The van der Waals surface area contributed by atoms with E-state index < -0.39 is 11.6 Å². The summed E-state index contributed by atoms with van der Waals surface area (Å²) in [5.41, 5.74) is 5.81. The number of hydrogen-bond donors (Lipinski definition) is 3. The minimum Gasteiger partial charge on any atom is -0.378 e. The molecule has 0 aromatic rings. The number of nitrogens with one attached hydrogen (secondary N) is 1. The van der Waals surface area contributed by atoms with Crippen LogP contribution in [-0.2, 0) is 4.74 Å². The summed E-state index contributed by atoms with van der Waals surface area (Å²) < 4.78 is 6.22. The molecule has 0 bridgehead atoms. The highest BCUT2D eigenvalue weighted by molar-refractivity contribution is 4.91. The van der Waals surface area contributed by atoms with E-state index in [2.05, 4.69) is 45.0 Å². The summed E-state index contributed by atoms with van der Waals surface area (Å²) >= 11 is 0. The Morgan fingerprint density at radius 3 is 2.32 bits per heavy atom. The van der Waals surface area contributed by atoms with Gasteiger partial charge in [0.25, 0.3) is 0 Å². The molecule has 150 valence electrons. The SMILES string of the molecule is CCCC(C)(CC)OCCC(C)(C(C)N)C(O)NC1CCN(C)CC1. The maximum Gasteiger partial charge on any atom is 0.112 e. The number of ether oxygens (including phenoxy) is 1. The van der Waals surface area contributed by atoms with Crippen molar-refractivity contribution in [3.63, 3.8) is 0 Å². The highest BCUT2D eigenvalue weighted by Gasteiger charge is 2.38. The second kappa shape index (κ2) is 10.2. The number of hydrogen-bond acceptors (Lipinski definition) is 5. The number of rotatable bonds is 11. The van der Waals surface area contributed by atoms with Gasteiger partial charge in [-0.3, -0.25) is 5.32 Å². The van der Waals surface area contributed by atoms with Crippen LogP contribution in [0, 0.1) is 5.41 Å². The maximum atomic E-state index is 10.9. The molecular formula is C20H43N3O2. The number of likely N-dealkylation sites (tertiary alicyclic amines) is 1. The molecule has 1 aliphatic heterocycles. The highest BCUT2D eigenvalue weighted by atomic mass is 16.5. The van der Waals surface area contributed by atoms with Gasteiger partial charge < -0.3 is 20.5 Å². The van der Waals surface area contributed by atoms with Crippen molar-refractivity contribution in [3.05, 3.63) is 0 Å². The molecule has 5 heteroatoms. The average molecular weight is 358 g/mol. The fourth-order valence-electron chi connectivity index (χ4n) is 3.60. The topological polar surface area (TPSA) is 70.8 Å². The van der Waals surface area contributed by atoms with Crippen molar-refractivity contribution in [1.29, 1.82) is 0 Å². The smallest absolute Gasteiger partial charge is 0.112 e. The van der Waals surface area contributed by atoms with E-state index in [4.69, 9.17) is 10.5 Å². The standard InChI is InChI=1S/C20H43N3O2/c1-7-11-19(4,8-2)25-15-12-20(5,16(3)21)18(24)22-17-9-13-23(6)14-10-17/h16-18,22,24H,7-15,21H2,1-6H3. The first-order valence-electron chi connectivity index (χ1n) is 10.2. The van der Waals surface area contributed by atoms with Crippen LogP contribution in [0.4, 0.5) is 0 Å². The van der Waals surface area contributed by atoms with Crippen molar-refractivity contribution in [1.82, 2.24) is 10.2 Å². The molecule has 1 rings (SSSR count). The van der Waals surface area contributed by atoms with Crippen molar-refractivity contribution < 1.29 is 9.84 Å². The predicted octanol–water partition coefficient (Wildman–Crippen LogP) is 2.72. The third-order valence-electron chi connectivity index (χ3n) is 6.39. The zero-order chi connectivity index (χ0) is 19.1. The normalized spacial score (nSPS) is 24.5. The van der Waals surface area contributed by atoms with Crippen molar-refractivity contribution in [2.75, 3.05) is 26.7 Å². The van der Waals surface area contributed by atoms with Crippen LogP contribution in [0.2, 0.25) is 0 Å². The number of nitrogens with zero attached hydrogens (tertiary/aromatic N) is 1. The lowest BCUT2D eigenvalue weighted by Gasteiger charge is -2.42. The van der Waals surface area contributed by atoms with Gasteiger partial charge in [-0.05, 0) is 66.1 Å². The molecule has 0 spiro atoms. The summed E-state index contributed by atoms with van der Waals surface area (Å²) in [6.07, 6.45) is 5.48. The third-order valence-corrected chi connectivity index (χ3v) is 6.39. The predicted molar refractivity (Wildman–Crippen MR) is 106 cm³/mol. The molecule has 1 heterocycles. The number of piperidine rings is 1. The largest absolute Gasteiger partial charge is 0.378 e. The number of aliphatic hydroxyl groups is 1. The third kappa shape index (κ3) is 6.79. The number of aliphatic hydroxyl groups excluding tert-OH is 1. The van der Waals surface area contributed by atoms with E-state index in [9.17, 15) is 5.11 Å². The van der Waals surface area contributed by atoms with Crippen LogP contribution in [0.25, 0.3) is 0 Å². The summed E-state index contributed by atoms with van der Waals surface area (Å²) in [7, 11) is 2.15. The Balaban J connectivity index is 2.59. The van der Waals surface area contributed by atoms with Crippen LogP contribution >= 0.6 is 0 Å². The molecule has 0 aromatic heterocycles. The van der Waals surface area contributed by atoms with E-state index in [1.54, 1.807) is 0 Å². The van der Waals surface area contributed by atoms with Gasteiger partial charge in [0.05, 0.1) is 5.60 Å². The average Bonchev–Trinajstić information content (AvgIpc) is 2.56. The van der Waals surface area contributed by atoms with Gasteiger partial charge in [0.2, 0.25) is 0 Å². The van der Waals surface area contributed by atoms with Gasteiger partial charge in [-0.25, -0.2) is 0 Å². The molecule has 0 aliphatic carbocycles. The molecule has 0 amide bonds. The summed E-state index contributed by atoms with van der Waals surface area (Å²) in [5, 5.41) is 14.3. The molecule has 0 aromatic carbocycles.